The molecule has 0 saturated carbocycles. The molecule has 0 aliphatic heterocycles. The van der Waals surface area contributed by atoms with E-state index in [2.05, 4.69) is 5.10 Å². The van der Waals surface area contributed by atoms with Gasteiger partial charge in [-0.1, -0.05) is 23.2 Å². The van der Waals surface area contributed by atoms with Crippen molar-refractivity contribution in [2.24, 2.45) is 12.8 Å². The van der Waals surface area contributed by atoms with E-state index in [9.17, 15) is 0 Å². The van der Waals surface area contributed by atoms with Gasteiger partial charge in [-0.25, -0.2) is 0 Å². The Balaban J connectivity index is 2.21. The Kier molecular flexibility index (Phi) is 3.78. The zero-order valence-electron chi connectivity index (χ0n) is 9.58. The quantitative estimate of drug-likeness (QED) is 0.942. The minimum Gasteiger partial charge on any atom is -0.323 e. The van der Waals surface area contributed by atoms with Crippen LogP contribution in [0.1, 0.15) is 22.2 Å². The van der Waals surface area contributed by atoms with Crippen LogP contribution in [0.3, 0.4) is 0 Å². The lowest BCUT2D eigenvalue weighted by molar-refractivity contribution is 0.732. The molecule has 3 nitrogen and oxygen atoms in total. The van der Waals surface area contributed by atoms with Crippen LogP contribution in [0.5, 0.6) is 0 Å². The van der Waals surface area contributed by atoms with E-state index in [0.717, 1.165) is 20.5 Å². The van der Waals surface area contributed by atoms with Crippen LogP contribution in [0.4, 0.5) is 0 Å². The van der Waals surface area contributed by atoms with Crippen LogP contribution >= 0.6 is 34.5 Å². The molecular weight excluding hydrogens is 277 g/mol. The summed E-state index contributed by atoms with van der Waals surface area (Å²) in [5.41, 5.74) is 8.08. The van der Waals surface area contributed by atoms with Gasteiger partial charge in [0.25, 0.3) is 0 Å². The predicted octanol–water partition coefficient (Wildman–Crippen LogP) is 3.34. The van der Waals surface area contributed by atoms with Crippen molar-refractivity contribution in [2.45, 2.75) is 19.4 Å². The number of aromatic nitrogens is 2. The molecule has 1 atom stereocenters. The Morgan fingerprint density at radius 3 is 2.65 bits per heavy atom. The molecular formula is C11H13Cl2N3S. The fraction of sp³-hybridized carbons (Fsp3) is 0.364. The van der Waals surface area contributed by atoms with Gasteiger partial charge in [-0.15, -0.1) is 11.3 Å². The number of nitrogens with two attached hydrogens (primary N) is 1. The number of hydrogen-bond donors (Lipinski definition) is 1. The molecule has 6 heteroatoms. The average Bonchev–Trinajstić information content (AvgIpc) is 2.79. The van der Waals surface area contributed by atoms with E-state index >= 15 is 0 Å². The Labute approximate surface area is 114 Å². The SMILES string of the molecule is Cc1nn(C)c(Cl)c1CC(N)c1ccc(Cl)s1. The summed E-state index contributed by atoms with van der Waals surface area (Å²) >= 11 is 13.6. The first-order chi connectivity index (χ1) is 7.99. The first-order valence-corrected chi connectivity index (χ1v) is 6.75. The molecule has 0 aliphatic rings. The van der Waals surface area contributed by atoms with E-state index in [1.807, 2.05) is 26.1 Å². The summed E-state index contributed by atoms with van der Waals surface area (Å²) in [5, 5.41) is 4.92. The molecule has 2 rings (SSSR count). The lowest BCUT2D eigenvalue weighted by atomic mass is 10.1. The van der Waals surface area contributed by atoms with Crippen LogP contribution in [-0.2, 0) is 13.5 Å². The standard InChI is InChI=1S/C11H13Cl2N3S/c1-6-7(11(13)16(2)15-6)5-8(14)9-3-4-10(12)17-9/h3-4,8H,5,14H2,1-2H3. The molecule has 0 aliphatic carbocycles. The third-order valence-electron chi connectivity index (χ3n) is 2.65. The van der Waals surface area contributed by atoms with E-state index in [0.29, 0.717) is 11.6 Å². The van der Waals surface area contributed by atoms with Crippen LogP contribution in [0.15, 0.2) is 12.1 Å². The van der Waals surface area contributed by atoms with Gasteiger partial charge in [-0.3, -0.25) is 4.68 Å². The summed E-state index contributed by atoms with van der Waals surface area (Å²) in [7, 11) is 1.83. The average molecular weight is 290 g/mol. The molecule has 2 aromatic rings. The Hall–Kier alpha value is -0.550. The number of nitrogens with zero attached hydrogens (tertiary/aromatic N) is 2. The maximum absolute atomic E-state index is 6.17. The Bertz CT molecular complexity index is 533. The van der Waals surface area contributed by atoms with Gasteiger partial charge in [0.2, 0.25) is 0 Å². The maximum Gasteiger partial charge on any atom is 0.130 e. The van der Waals surface area contributed by atoms with Crippen molar-refractivity contribution in [3.05, 3.63) is 37.8 Å². The second kappa shape index (κ2) is 4.98. The topological polar surface area (TPSA) is 43.8 Å². The molecule has 2 N–H and O–H groups in total. The highest BCUT2D eigenvalue weighted by molar-refractivity contribution is 7.16. The van der Waals surface area contributed by atoms with Crippen LogP contribution < -0.4 is 5.73 Å². The lowest BCUT2D eigenvalue weighted by Crippen LogP contribution is -2.12. The van der Waals surface area contributed by atoms with E-state index in [-0.39, 0.29) is 6.04 Å². The second-order valence-corrected chi connectivity index (χ2v) is 6.04. The maximum atomic E-state index is 6.17. The summed E-state index contributed by atoms with van der Waals surface area (Å²) < 4.78 is 2.42. The van der Waals surface area contributed by atoms with Gasteiger partial charge >= 0.3 is 0 Å². The Morgan fingerprint density at radius 1 is 1.47 bits per heavy atom. The largest absolute Gasteiger partial charge is 0.323 e. The predicted molar refractivity (Wildman–Crippen MR) is 72.9 cm³/mol. The van der Waals surface area contributed by atoms with Crippen molar-refractivity contribution >= 4 is 34.5 Å². The first kappa shape index (κ1) is 12.9. The highest BCUT2D eigenvalue weighted by Crippen LogP contribution is 2.30. The van der Waals surface area contributed by atoms with E-state index in [1.54, 1.807) is 4.68 Å². The monoisotopic (exact) mass is 289 g/mol. The first-order valence-electron chi connectivity index (χ1n) is 5.18. The molecule has 0 amide bonds. The molecule has 1 unspecified atom stereocenters. The third kappa shape index (κ3) is 2.65. The molecule has 17 heavy (non-hydrogen) atoms. The molecule has 0 radical (unpaired) electrons. The lowest BCUT2D eigenvalue weighted by Gasteiger charge is -2.09. The van der Waals surface area contributed by atoms with Crippen molar-refractivity contribution in [1.82, 2.24) is 9.78 Å². The minimum atomic E-state index is -0.0899. The normalized spacial score (nSPS) is 13.0. The van der Waals surface area contributed by atoms with E-state index in [4.69, 9.17) is 28.9 Å². The highest BCUT2D eigenvalue weighted by atomic mass is 35.5. The van der Waals surface area contributed by atoms with Crippen LogP contribution in [0.2, 0.25) is 9.49 Å². The second-order valence-electron chi connectivity index (χ2n) is 3.93. The molecule has 0 bridgehead atoms. The molecule has 0 fully saturated rings. The van der Waals surface area contributed by atoms with Crippen molar-refractivity contribution in [3.63, 3.8) is 0 Å². The number of aryl methyl sites for hydroxylation is 2. The van der Waals surface area contributed by atoms with Gasteiger partial charge in [0, 0.05) is 23.5 Å². The van der Waals surface area contributed by atoms with Gasteiger partial charge < -0.3 is 5.73 Å². The van der Waals surface area contributed by atoms with Gasteiger partial charge in [0.1, 0.15) is 5.15 Å². The van der Waals surface area contributed by atoms with Crippen LogP contribution in [0.25, 0.3) is 0 Å². The smallest absolute Gasteiger partial charge is 0.130 e. The number of thiophene rings is 1. The summed E-state index contributed by atoms with van der Waals surface area (Å²) in [6.07, 6.45) is 0.676. The Morgan fingerprint density at radius 2 is 2.18 bits per heavy atom. The van der Waals surface area contributed by atoms with Crippen molar-refractivity contribution in [1.29, 1.82) is 0 Å². The molecule has 92 valence electrons. The molecule has 2 aromatic heterocycles. The summed E-state index contributed by atoms with van der Waals surface area (Å²) in [6, 6.07) is 3.73. The van der Waals surface area contributed by atoms with Crippen molar-refractivity contribution in [3.8, 4) is 0 Å². The minimum absolute atomic E-state index is 0.0899. The zero-order chi connectivity index (χ0) is 12.6. The summed E-state index contributed by atoms with van der Waals surface area (Å²) in [6.45, 7) is 1.94. The van der Waals surface area contributed by atoms with Crippen LogP contribution in [-0.4, -0.2) is 9.78 Å². The summed E-state index contributed by atoms with van der Waals surface area (Å²) in [5.74, 6) is 0. The molecule has 0 aromatic carbocycles. The summed E-state index contributed by atoms with van der Waals surface area (Å²) in [4.78, 5) is 1.06. The van der Waals surface area contributed by atoms with Gasteiger partial charge in [-0.05, 0) is 25.5 Å². The molecule has 0 spiro atoms. The van der Waals surface area contributed by atoms with Crippen LogP contribution in [0, 0.1) is 6.92 Å². The fourth-order valence-electron chi connectivity index (χ4n) is 1.75. The van der Waals surface area contributed by atoms with Crippen molar-refractivity contribution in [2.75, 3.05) is 0 Å². The van der Waals surface area contributed by atoms with E-state index in [1.165, 1.54) is 11.3 Å². The number of rotatable bonds is 3. The van der Waals surface area contributed by atoms with Gasteiger partial charge in [-0.2, -0.15) is 5.10 Å². The fourth-order valence-corrected chi connectivity index (χ4v) is 3.07. The third-order valence-corrected chi connectivity index (χ3v) is 4.49. The molecule has 2 heterocycles. The van der Waals surface area contributed by atoms with Gasteiger partial charge in [0.05, 0.1) is 10.0 Å². The molecule has 0 saturated heterocycles. The highest BCUT2D eigenvalue weighted by Gasteiger charge is 2.16. The number of hydrogen-bond acceptors (Lipinski definition) is 3. The van der Waals surface area contributed by atoms with E-state index < -0.39 is 0 Å². The number of halogens is 2. The van der Waals surface area contributed by atoms with Crippen molar-refractivity contribution < 1.29 is 0 Å². The zero-order valence-corrected chi connectivity index (χ0v) is 11.9. The van der Waals surface area contributed by atoms with Gasteiger partial charge in [0.15, 0.2) is 0 Å².